The predicted octanol–water partition coefficient (Wildman–Crippen LogP) is 2.11. The molecule has 0 saturated carbocycles. The number of hydrogen-bond donors (Lipinski definition) is 1. The number of carboxylic acid groups (broad SMARTS) is 1. The lowest BCUT2D eigenvalue weighted by Crippen LogP contribution is -2.04. The molecule has 2 rings (SSSR count). The Morgan fingerprint density at radius 3 is 2.84 bits per heavy atom. The second-order valence-corrected chi connectivity index (χ2v) is 3.70. The third-order valence-electron chi connectivity index (χ3n) is 2.29. The summed E-state index contributed by atoms with van der Waals surface area (Å²) in [5.41, 5.74) is 0.695. The molecule has 0 saturated heterocycles. The molecule has 0 aliphatic heterocycles. The van der Waals surface area contributed by atoms with Crippen molar-refractivity contribution in [1.29, 1.82) is 0 Å². The van der Waals surface area contributed by atoms with Gasteiger partial charge in [0.2, 0.25) is 5.69 Å². The van der Waals surface area contributed by atoms with Gasteiger partial charge in [-0.1, -0.05) is 12.1 Å². The lowest BCUT2D eigenvalue weighted by Gasteiger charge is -2.07. The Morgan fingerprint density at radius 1 is 1.32 bits per heavy atom. The molecule has 0 aliphatic carbocycles. The van der Waals surface area contributed by atoms with Gasteiger partial charge in [-0.25, -0.2) is 14.8 Å². The van der Waals surface area contributed by atoms with Gasteiger partial charge in [0.15, 0.2) is 0 Å². The molecule has 2 aromatic rings. The number of rotatable bonds is 5. The standard InChI is InChI=1S/C13H12N2O4/c1-18-8-9-3-2-4-10(7-9)19-12-11(13(16)17)14-5-6-15-12/h2-7H,8H2,1H3,(H,16,17). The molecule has 1 aromatic carbocycles. The normalized spacial score (nSPS) is 10.2. The molecule has 1 N–H and O–H groups in total. The van der Waals surface area contributed by atoms with Crippen molar-refractivity contribution in [3.8, 4) is 11.6 Å². The van der Waals surface area contributed by atoms with E-state index in [0.29, 0.717) is 12.4 Å². The summed E-state index contributed by atoms with van der Waals surface area (Å²) in [6.45, 7) is 0.448. The minimum atomic E-state index is -1.18. The topological polar surface area (TPSA) is 81.5 Å². The third kappa shape index (κ3) is 3.26. The van der Waals surface area contributed by atoms with E-state index in [1.165, 1.54) is 12.4 Å². The van der Waals surface area contributed by atoms with Crippen molar-refractivity contribution < 1.29 is 19.4 Å². The van der Waals surface area contributed by atoms with Crippen LogP contribution in [0.1, 0.15) is 16.1 Å². The minimum Gasteiger partial charge on any atom is -0.476 e. The van der Waals surface area contributed by atoms with Crippen molar-refractivity contribution in [3.05, 3.63) is 47.9 Å². The highest BCUT2D eigenvalue weighted by molar-refractivity contribution is 5.87. The highest BCUT2D eigenvalue weighted by Gasteiger charge is 2.14. The van der Waals surface area contributed by atoms with Crippen LogP contribution in [0.4, 0.5) is 0 Å². The van der Waals surface area contributed by atoms with Crippen LogP contribution in [0.5, 0.6) is 11.6 Å². The van der Waals surface area contributed by atoms with Crippen LogP contribution in [0.15, 0.2) is 36.7 Å². The Kier molecular flexibility index (Phi) is 4.04. The molecule has 0 fully saturated rings. The molecule has 0 aliphatic rings. The quantitative estimate of drug-likeness (QED) is 0.886. The Morgan fingerprint density at radius 2 is 2.11 bits per heavy atom. The molecule has 19 heavy (non-hydrogen) atoms. The maximum atomic E-state index is 11.0. The molecule has 6 nitrogen and oxygen atoms in total. The summed E-state index contributed by atoms with van der Waals surface area (Å²) < 4.78 is 10.5. The average molecular weight is 260 g/mol. The van der Waals surface area contributed by atoms with E-state index < -0.39 is 5.97 Å². The van der Waals surface area contributed by atoms with Crippen LogP contribution >= 0.6 is 0 Å². The van der Waals surface area contributed by atoms with Gasteiger partial charge in [-0.2, -0.15) is 0 Å². The number of hydrogen-bond acceptors (Lipinski definition) is 5. The Balaban J connectivity index is 2.26. The van der Waals surface area contributed by atoms with E-state index in [0.717, 1.165) is 5.56 Å². The number of benzene rings is 1. The lowest BCUT2D eigenvalue weighted by atomic mass is 10.2. The van der Waals surface area contributed by atoms with E-state index in [4.69, 9.17) is 14.6 Å². The molecule has 0 bridgehead atoms. The molecular formula is C13H12N2O4. The van der Waals surface area contributed by atoms with Gasteiger partial charge in [0.25, 0.3) is 5.88 Å². The predicted molar refractivity (Wildman–Crippen MR) is 66.2 cm³/mol. The SMILES string of the molecule is COCc1cccc(Oc2nccnc2C(=O)O)c1. The van der Waals surface area contributed by atoms with Crippen LogP contribution < -0.4 is 4.74 Å². The molecule has 0 spiro atoms. The van der Waals surface area contributed by atoms with E-state index in [1.807, 2.05) is 6.07 Å². The summed E-state index contributed by atoms with van der Waals surface area (Å²) in [4.78, 5) is 18.6. The van der Waals surface area contributed by atoms with E-state index in [1.54, 1.807) is 25.3 Å². The molecule has 0 unspecified atom stereocenters. The fraction of sp³-hybridized carbons (Fsp3) is 0.154. The Labute approximate surface area is 109 Å². The lowest BCUT2D eigenvalue weighted by molar-refractivity contribution is 0.0686. The van der Waals surface area contributed by atoms with Crippen LogP contribution in [0.3, 0.4) is 0 Å². The molecule has 98 valence electrons. The number of methoxy groups -OCH3 is 1. The summed E-state index contributed by atoms with van der Waals surface area (Å²) in [5, 5.41) is 8.98. The van der Waals surface area contributed by atoms with Crippen molar-refractivity contribution in [2.45, 2.75) is 6.61 Å². The van der Waals surface area contributed by atoms with Gasteiger partial charge in [0.1, 0.15) is 5.75 Å². The zero-order valence-corrected chi connectivity index (χ0v) is 10.2. The van der Waals surface area contributed by atoms with E-state index >= 15 is 0 Å². The van der Waals surface area contributed by atoms with Gasteiger partial charge in [0.05, 0.1) is 6.61 Å². The van der Waals surface area contributed by atoms with Gasteiger partial charge < -0.3 is 14.6 Å². The maximum Gasteiger partial charge on any atom is 0.360 e. The summed E-state index contributed by atoms with van der Waals surface area (Å²) in [6, 6.07) is 7.13. The number of nitrogens with zero attached hydrogens (tertiary/aromatic N) is 2. The van der Waals surface area contributed by atoms with Crippen LogP contribution in [-0.4, -0.2) is 28.2 Å². The monoisotopic (exact) mass is 260 g/mol. The number of aromatic carboxylic acids is 1. The van der Waals surface area contributed by atoms with E-state index in [9.17, 15) is 4.79 Å². The number of carboxylic acids is 1. The second-order valence-electron chi connectivity index (χ2n) is 3.70. The largest absolute Gasteiger partial charge is 0.476 e. The van der Waals surface area contributed by atoms with Gasteiger partial charge in [-0.15, -0.1) is 0 Å². The molecule has 6 heteroatoms. The Bertz CT molecular complexity index is 586. The minimum absolute atomic E-state index is 0.0374. The molecule has 0 amide bonds. The Hall–Kier alpha value is -2.47. The third-order valence-corrected chi connectivity index (χ3v) is 2.29. The van der Waals surface area contributed by atoms with E-state index in [2.05, 4.69) is 9.97 Å². The fourth-order valence-electron chi connectivity index (χ4n) is 1.52. The van der Waals surface area contributed by atoms with Crippen LogP contribution in [0.2, 0.25) is 0 Å². The zero-order chi connectivity index (χ0) is 13.7. The first-order chi connectivity index (χ1) is 9.20. The van der Waals surface area contributed by atoms with Crippen molar-refractivity contribution in [3.63, 3.8) is 0 Å². The van der Waals surface area contributed by atoms with Crippen LogP contribution in [-0.2, 0) is 11.3 Å². The smallest absolute Gasteiger partial charge is 0.360 e. The van der Waals surface area contributed by atoms with Crippen LogP contribution in [0.25, 0.3) is 0 Å². The number of aromatic nitrogens is 2. The first-order valence-corrected chi connectivity index (χ1v) is 5.50. The molecule has 0 atom stereocenters. The van der Waals surface area contributed by atoms with Crippen molar-refractivity contribution in [2.24, 2.45) is 0 Å². The first-order valence-electron chi connectivity index (χ1n) is 5.50. The van der Waals surface area contributed by atoms with Gasteiger partial charge in [0, 0.05) is 19.5 Å². The molecule has 1 heterocycles. The fourth-order valence-corrected chi connectivity index (χ4v) is 1.52. The van der Waals surface area contributed by atoms with Gasteiger partial charge in [-0.05, 0) is 17.7 Å². The summed E-state index contributed by atoms with van der Waals surface area (Å²) in [7, 11) is 1.60. The number of ether oxygens (including phenoxy) is 2. The second kappa shape index (κ2) is 5.92. The average Bonchev–Trinajstić information content (AvgIpc) is 2.40. The number of carbonyl (C=O) groups is 1. The van der Waals surface area contributed by atoms with E-state index in [-0.39, 0.29) is 11.6 Å². The highest BCUT2D eigenvalue weighted by Crippen LogP contribution is 2.22. The van der Waals surface area contributed by atoms with Crippen molar-refractivity contribution in [2.75, 3.05) is 7.11 Å². The molecule has 1 aromatic heterocycles. The van der Waals surface area contributed by atoms with Crippen molar-refractivity contribution >= 4 is 5.97 Å². The highest BCUT2D eigenvalue weighted by atomic mass is 16.5. The van der Waals surface area contributed by atoms with Gasteiger partial charge >= 0.3 is 5.97 Å². The van der Waals surface area contributed by atoms with Gasteiger partial charge in [-0.3, -0.25) is 0 Å². The maximum absolute atomic E-state index is 11.0. The van der Waals surface area contributed by atoms with Crippen LogP contribution in [0, 0.1) is 0 Å². The van der Waals surface area contributed by atoms with Crippen molar-refractivity contribution in [1.82, 2.24) is 9.97 Å². The summed E-state index contributed by atoms with van der Waals surface area (Å²) >= 11 is 0. The summed E-state index contributed by atoms with van der Waals surface area (Å²) in [6.07, 6.45) is 2.68. The molecule has 0 radical (unpaired) electrons. The molecular weight excluding hydrogens is 248 g/mol. The zero-order valence-electron chi connectivity index (χ0n) is 10.2. The summed E-state index contributed by atoms with van der Waals surface area (Å²) in [5.74, 6) is -0.738. The first kappa shape index (κ1) is 13.0.